The molecule has 0 saturated carbocycles. The lowest BCUT2D eigenvalue weighted by Crippen LogP contribution is -1.94. The Labute approximate surface area is 524 Å². The maximum absolute atomic E-state index is 4.15. The molecule has 16 aromatic rings. The summed E-state index contributed by atoms with van der Waals surface area (Å²) in [6.07, 6.45) is 9.48. The molecule has 90 heavy (non-hydrogen) atoms. The van der Waals surface area contributed by atoms with Crippen molar-refractivity contribution >= 4 is 89.0 Å². The predicted octanol–water partition coefficient (Wildman–Crippen LogP) is 22.0. The molecule has 12 aromatic carbocycles. The second-order valence-corrected chi connectivity index (χ2v) is 21.5. The number of anilines is 8. The summed E-state index contributed by atoms with van der Waals surface area (Å²) in [7, 11) is 0. The van der Waals surface area contributed by atoms with Crippen LogP contribution in [0.3, 0.4) is 0 Å². The quantitative estimate of drug-likeness (QED) is 0.0976. The SMILES string of the molecule is c1ccc(-c2cccc(Nc3ccc4cnccc4c3)c2)cc1.c1ccc(Nc2ccc(-c3cccnc3)cc2)cc1.c1ccc(Nc2ccc3c(ccn3-c3ccccc3)c2)cc1.c1ccc(Nc2ccc3c4ccccc4n(-c4ccccc4)c3c2)cc1. The van der Waals surface area contributed by atoms with E-state index in [1.807, 2.05) is 97.5 Å². The van der Waals surface area contributed by atoms with Gasteiger partial charge in [-0.3, -0.25) is 9.97 Å². The van der Waals surface area contributed by atoms with Gasteiger partial charge >= 0.3 is 0 Å². The van der Waals surface area contributed by atoms with E-state index in [1.54, 1.807) is 6.20 Å². The molecule has 0 bridgehead atoms. The molecule has 8 heteroatoms. The van der Waals surface area contributed by atoms with Crippen molar-refractivity contribution in [2.75, 3.05) is 21.3 Å². The van der Waals surface area contributed by atoms with Gasteiger partial charge in [0.25, 0.3) is 0 Å². The predicted molar refractivity (Wildman–Crippen MR) is 380 cm³/mol. The van der Waals surface area contributed by atoms with Crippen molar-refractivity contribution in [2.24, 2.45) is 0 Å². The highest BCUT2D eigenvalue weighted by molar-refractivity contribution is 6.10. The van der Waals surface area contributed by atoms with Crippen LogP contribution in [0.5, 0.6) is 0 Å². The summed E-state index contributed by atoms with van der Waals surface area (Å²) in [5.74, 6) is 0. The van der Waals surface area contributed by atoms with Crippen LogP contribution in [-0.4, -0.2) is 19.1 Å². The summed E-state index contributed by atoms with van der Waals surface area (Å²) >= 11 is 0. The minimum absolute atomic E-state index is 1.08. The van der Waals surface area contributed by atoms with Crippen LogP contribution in [-0.2, 0) is 0 Å². The van der Waals surface area contributed by atoms with Crippen molar-refractivity contribution in [3.63, 3.8) is 0 Å². The lowest BCUT2D eigenvalue weighted by Gasteiger charge is -2.10. The van der Waals surface area contributed by atoms with E-state index < -0.39 is 0 Å². The van der Waals surface area contributed by atoms with E-state index in [-0.39, 0.29) is 0 Å². The Kier molecular flexibility index (Phi) is 17.6. The van der Waals surface area contributed by atoms with E-state index in [0.717, 1.165) is 56.4 Å². The molecule has 0 unspecified atom stereocenters. The molecule has 0 aliphatic heterocycles. The molecule has 0 aliphatic rings. The van der Waals surface area contributed by atoms with Gasteiger partial charge in [0.05, 0.1) is 16.6 Å². The van der Waals surface area contributed by atoms with Crippen molar-refractivity contribution in [1.29, 1.82) is 0 Å². The molecule has 0 amide bonds. The van der Waals surface area contributed by atoms with Crippen LogP contribution in [0, 0.1) is 0 Å². The fourth-order valence-electron chi connectivity index (χ4n) is 11.0. The molecule has 4 heterocycles. The molecule has 0 atom stereocenters. The van der Waals surface area contributed by atoms with E-state index in [1.165, 1.54) is 66.2 Å². The van der Waals surface area contributed by atoms with E-state index >= 15 is 0 Å². The number of hydrogen-bond acceptors (Lipinski definition) is 6. The lowest BCUT2D eigenvalue weighted by molar-refractivity contribution is 1.13. The van der Waals surface area contributed by atoms with Gasteiger partial charge in [-0.15, -0.1) is 0 Å². The summed E-state index contributed by atoms with van der Waals surface area (Å²) in [6, 6.07) is 115. The second-order valence-electron chi connectivity index (χ2n) is 21.5. The van der Waals surface area contributed by atoms with Gasteiger partial charge in [-0.1, -0.05) is 182 Å². The van der Waals surface area contributed by atoms with E-state index in [0.29, 0.717) is 0 Å². The smallest absolute Gasteiger partial charge is 0.0561 e. The van der Waals surface area contributed by atoms with Crippen molar-refractivity contribution < 1.29 is 0 Å². The zero-order valence-electron chi connectivity index (χ0n) is 49.4. The van der Waals surface area contributed by atoms with Crippen LogP contribution < -0.4 is 21.3 Å². The van der Waals surface area contributed by atoms with Gasteiger partial charge in [0, 0.05) is 109 Å². The van der Waals surface area contributed by atoms with Crippen LogP contribution in [0.25, 0.3) is 77.1 Å². The Balaban J connectivity index is 0.000000111. The number of nitrogens with zero attached hydrogens (tertiary/aromatic N) is 4. The Bertz CT molecular complexity index is 4910. The first-order valence-electron chi connectivity index (χ1n) is 30.1. The number of aromatic nitrogens is 4. The zero-order valence-corrected chi connectivity index (χ0v) is 49.4. The molecular weight excluding hydrogens is 1100 g/mol. The fourth-order valence-corrected chi connectivity index (χ4v) is 11.0. The standard InChI is InChI=1S/C24H18N2.C21H16N2.C20H16N2.C17H14N2/c1-3-9-18(10-4-1)25-19-15-16-22-21-13-7-8-14-23(21)26(24(22)17-19)20-11-5-2-6-12-20;1-2-5-16(6-3-1)17-7-4-8-20(13-17)23-21-10-9-19-15-22-12-11-18(19)14-21;1-3-7-17(8-4-1)21-18-11-12-20-16(15-18)13-14-22(20)19-9-5-2-6-10-19;1-2-6-16(7-3-1)19-17-10-8-14(9-11-17)15-5-4-12-18-13-15/h1-17,25H;1-15,23H;1-15,21H;1-13,19H. The second kappa shape index (κ2) is 27.8. The molecule has 4 N–H and O–H groups in total. The topological polar surface area (TPSA) is 83.8 Å². The van der Waals surface area contributed by atoms with E-state index in [2.05, 4.69) is 301 Å². The summed E-state index contributed by atoms with van der Waals surface area (Å²) in [4.78, 5) is 8.29. The fraction of sp³-hybridized carbons (Fsp3) is 0. The third-order valence-electron chi connectivity index (χ3n) is 15.4. The maximum Gasteiger partial charge on any atom is 0.0561 e. The molecule has 0 spiro atoms. The molecule has 16 rings (SSSR count). The first-order valence-corrected chi connectivity index (χ1v) is 30.1. The summed E-state index contributed by atoms with van der Waals surface area (Å²) < 4.78 is 4.54. The lowest BCUT2D eigenvalue weighted by atomic mass is 10.1. The van der Waals surface area contributed by atoms with Crippen molar-refractivity contribution in [3.05, 3.63) is 365 Å². The van der Waals surface area contributed by atoms with Gasteiger partial charge in [-0.2, -0.15) is 0 Å². The monoisotopic (exact) mass is 1160 g/mol. The van der Waals surface area contributed by atoms with E-state index in [9.17, 15) is 0 Å². The van der Waals surface area contributed by atoms with Crippen LogP contribution in [0.1, 0.15) is 0 Å². The van der Waals surface area contributed by atoms with Gasteiger partial charge in [-0.05, 0) is 179 Å². The maximum atomic E-state index is 4.15. The van der Waals surface area contributed by atoms with Crippen LogP contribution in [0.4, 0.5) is 45.5 Å². The van der Waals surface area contributed by atoms with Crippen molar-refractivity contribution in [1.82, 2.24) is 19.1 Å². The highest BCUT2D eigenvalue weighted by Crippen LogP contribution is 2.35. The number of rotatable bonds is 12. The molecule has 0 saturated heterocycles. The molecule has 432 valence electrons. The van der Waals surface area contributed by atoms with Crippen LogP contribution >= 0.6 is 0 Å². The number of nitrogens with one attached hydrogen (secondary N) is 4. The first kappa shape index (κ1) is 56.8. The van der Waals surface area contributed by atoms with Gasteiger partial charge in [0.2, 0.25) is 0 Å². The Hall–Kier alpha value is -12.3. The van der Waals surface area contributed by atoms with Gasteiger partial charge in [0.1, 0.15) is 0 Å². The number of para-hydroxylation sites is 6. The number of fused-ring (bicyclic) bond motifs is 5. The van der Waals surface area contributed by atoms with Crippen LogP contribution in [0.15, 0.2) is 365 Å². The average molecular weight is 1160 g/mol. The van der Waals surface area contributed by atoms with E-state index in [4.69, 9.17) is 0 Å². The van der Waals surface area contributed by atoms with Crippen molar-refractivity contribution in [3.8, 4) is 33.6 Å². The summed E-state index contributed by atoms with van der Waals surface area (Å²) in [6.45, 7) is 0. The largest absolute Gasteiger partial charge is 0.356 e. The van der Waals surface area contributed by atoms with Crippen LogP contribution in [0.2, 0.25) is 0 Å². The number of benzene rings is 12. The molecular formula is C82H64N8. The molecule has 8 nitrogen and oxygen atoms in total. The molecule has 0 fully saturated rings. The van der Waals surface area contributed by atoms with Gasteiger partial charge in [0.15, 0.2) is 0 Å². The molecule has 0 aliphatic carbocycles. The third-order valence-corrected chi connectivity index (χ3v) is 15.4. The zero-order chi connectivity index (χ0) is 60.5. The third kappa shape index (κ3) is 14.0. The first-order chi connectivity index (χ1) is 44.6. The Morgan fingerprint density at radius 2 is 0.700 bits per heavy atom. The normalized spacial score (nSPS) is 10.7. The summed E-state index contributed by atoms with van der Waals surface area (Å²) in [5.41, 5.74) is 19.5. The average Bonchev–Trinajstić information content (AvgIpc) is 1.67. The summed E-state index contributed by atoms with van der Waals surface area (Å²) in [5, 5.41) is 19.9. The minimum atomic E-state index is 1.08. The minimum Gasteiger partial charge on any atom is -0.356 e. The Morgan fingerprint density at radius 1 is 0.233 bits per heavy atom. The molecule has 0 radical (unpaired) electrons. The van der Waals surface area contributed by atoms with Crippen molar-refractivity contribution in [2.45, 2.75) is 0 Å². The number of pyridine rings is 2. The molecule has 4 aromatic heterocycles. The van der Waals surface area contributed by atoms with Gasteiger partial charge < -0.3 is 30.4 Å². The number of hydrogen-bond donors (Lipinski definition) is 4. The Morgan fingerprint density at radius 3 is 1.37 bits per heavy atom. The van der Waals surface area contributed by atoms with Gasteiger partial charge in [-0.25, -0.2) is 0 Å². The highest BCUT2D eigenvalue weighted by Gasteiger charge is 2.13. The highest BCUT2D eigenvalue weighted by atomic mass is 15.0.